The number of aryl methyl sites for hydroxylation is 2. The van der Waals surface area contributed by atoms with Gasteiger partial charge in [0.1, 0.15) is 6.04 Å². The molecule has 1 aliphatic rings. The lowest BCUT2D eigenvalue weighted by atomic mass is 9.87. The van der Waals surface area contributed by atoms with E-state index in [0.29, 0.717) is 0 Å². The molecule has 122 valence electrons. The van der Waals surface area contributed by atoms with E-state index in [4.69, 9.17) is 5.73 Å². The van der Waals surface area contributed by atoms with Gasteiger partial charge in [-0.05, 0) is 42.9 Å². The van der Waals surface area contributed by atoms with Gasteiger partial charge in [-0.1, -0.05) is 54.1 Å². The molecule has 0 bridgehead atoms. The second-order valence-corrected chi connectivity index (χ2v) is 6.04. The van der Waals surface area contributed by atoms with Crippen LogP contribution in [0.3, 0.4) is 0 Å². The van der Waals surface area contributed by atoms with Crippen molar-refractivity contribution in [1.29, 1.82) is 0 Å². The molecule has 0 saturated heterocycles. The smallest absolute Gasteiger partial charge is 0.241 e. The summed E-state index contributed by atoms with van der Waals surface area (Å²) in [4.78, 5) is 12.5. The second-order valence-electron chi connectivity index (χ2n) is 6.04. The average molecular weight is 331 g/mol. The number of halogens is 1. The van der Waals surface area contributed by atoms with E-state index in [9.17, 15) is 4.79 Å². The second kappa shape index (κ2) is 7.62. The summed E-state index contributed by atoms with van der Waals surface area (Å²) in [5.41, 5.74) is 10.7. The normalized spacial score (nSPS) is 17.6. The van der Waals surface area contributed by atoms with Crippen LogP contribution >= 0.6 is 12.4 Å². The molecule has 0 radical (unpaired) electrons. The van der Waals surface area contributed by atoms with Gasteiger partial charge in [-0.15, -0.1) is 12.4 Å². The van der Waals surface area contributed by atoms with Crippen LogP contribution in [0.2, 0.25) is 0 Å². The third-order valence-electron chi connectivity index (χ3n) is 4.40. The molecule has 2 atom stereocenters. The van der Waals surface area contributed by atoms with Gasteiger partial charge < -0.3 is 11.1 Å². The van der Waals surface area contributed by atoms with Gasteiger partial charge in [-0.25, -0.2) is 0 Å². The van der Waals surface area contributed by atoms with Gasteiger partial charge >= 0.3 is 0 Å². The fraction of sp³-hybridized carbons (Fsp3) is 0.316. The molecule has 3 N–H and O–H groups in total. The maximum atomic E-state index is 12.5. The van der Waals surface area contributed by atoms with Gasteiger partial charge in [-0.3, -0.25) is 4.79 Å². The van der Waals surface area contributed by atoms with Crippen molar-refractivity contribution in [3.8, 4) is 0 Å². The summed E-state index contributed by atoms with van der Waals surface area (Å²) in [7, 11) is 0. The van der Waals surface area contributed by atoms with Crippen LogP contribution in [0.1, 0.15) is 47.2 Å². The lowest BCUT2D eigenvalue weighted by Gasteiger charge is -2.27. The zero-order valence-electron chi connectivity index (χ0n) is 13.3. The maximum absolute atomic E-state index is 12.5. The first-order valence-electron chi connectivity index (χ1n) is 7.85. The van der Waals surface area contributed by atoms with Crippen molar-refractivity contribution in [1.82, 2.24) is 5.32 Å². The minimum Gasteiger partial charge on any atom is -0.348 e. The van der Waals surface area contributed by atoms with Gasteiger partial charge in [-0.2, -0.15) is 0 Å². The minimum atomic E-state index is -0.616. The molecular weight excluding hydrogens is 308 g/mol. The summed E-state index contributed by atoms with van der Waals surface area (Å²) in [6.45, 7) is 2.02. The molecule has 0 spiro atoms. The van der Waals surface area contributed by atoms with E-state index in [-0.39, 0.29) is 24.4 Å². The molecule has 0 aliphatic heterocycles. The van der Waals surface area contributed by atoms with Crippen molar-refractivity contribution in [3.63, 3.8) is 0 Å². The number of carbonyl (C=O) groups is 1. The number of amides is 1. The Bertz CT molecular complexity index is 669. The Morgan fingerprint density at radius 3 is 2.61 bits per heavy atom. The highest BCUT2D eigenvalue weighted by Gasteiger charge is 2.24. The molecule has 2 aromatic carbocycles. The minimum absolute atomic E-state index is 0. The zero-order valence-corrected chi connectivity index (χ0v) is 14.1. The molecule has 0 saturated carbocycles. The third kappa shape index (κ3) is 3.92. The van der Waals surface area contributed by atoms with Crippen LogP contribution in [0.5, 0.6) is 0 Å². The van der Waals surface area contributed by atoms with Gasteiger partial charge in [0, 0.05) is 0 Å². The van der Waals surface area contributed by atoms with Crippen LogP contribution in [0, 0.1) is 6.92 Å². The van der Waals surface area contributed by atoms with Crippen LogP contribution in [-0.4, -0.2) is 5.91 Å². The molecule has 2 aromatic rings. The summed E-state index contributed by atoms with van der Waals surface area (Å²) in [5.74, 6) is -0.106. The molecule has 0 heterocycles. The SMILES string of the molecule is Cc1ccc(C(N)C(=O)NC2CCCc3ccccc32)cc1.Cl. The van der Waals surface area contributed by atoms with E-state index >= 15 is 0 Å². The largest absolute Gasteiger partial charge is 0.348 e. The summed E-state index contributed by atoms with van der Waals surface area (Å²) in [5, 5.41) is 3.12. The number of hydrogen-bond acceptors (Lipinski definition) is 2. The van der Waals surface area contributed by atoms with Crippen LogP contribution in [0.15, 0.2) is 48.5 Å². The first kappa shape index (κ1) is 17.5. The summed E-state index contributed by atoms with van der Waals surface area (Å²) in [6.07, 6.45) is 3.16. The highest BCUT2D eigenvalue weighted by molar-refractivity contribution is 5.85. The summed E-state index contributed by atoms with van der Waals surface area (Å²) >= 11 is 0. The molecule has 1 amide bonds. The Morgan fingerprint density at radius 1 is 1.17 bits per heavy atom. The van der Waals surface area contributed by atoms with Crippen molar-refractivity contribution >= 4 is 18.3 Å². The Morgan fingerprint density at radius 2 is 1.87 bits per heavy atom. The molecule has 1 aliphatic carbocycles. The quantitative estimate of drug-likeness (QED) is 0.903. The van der Waals surface area contributed by atoms with Gasteiger partial charge in [0.15, 0.2) is 0 Å². The monoisotopic (exact) mass is 330 g/mol. The first-order valence-corrected chi connectivity index (χ1v) is 7.85. The zero-order chi connectivity index (χ0) is 15.5. The average Bonchev–Trinajstić information content (AvgIpc) is 2.55. The van der Waals surface area contributed by atoms with E-state index in [0.717, 1.165) is 30.4 Å². The Kier molecular flexibility index (Phi) is 5.80. The third-order valence-corrected chi connectivity index (χ3v) is 4.40. The van der Waals surface area contributed by atoms with Crippen molar-refractivity contribution in [3.05, 3.63) is 70.8 Å². The number of nitrogens with one attached hydrogen (secondary N) is 1. The number of carbonyl (C=O) groups excluding carboxylic acids is 1. The van der Waals surface area contributed by atoms with Gasteiger partial charge in [0.05, 0.1) is 6.04 Å². The van der Waals surface area contributed by atoms with Crippen molar-refractivity contribution < 1.29 is 4.79 Å². The Labute approximate surface area is 143 Å². The van der Waals surface area contributed by atoms with E-state index < -0.39 is 6.04 Å². The number of nitrogens with two attached hydrogens (primary N) is 1. The van der Waals surface area contributed by atoms with Crippen molar-refractivity contribution in [2.24, 2.45) is 5.73 Å². The predicted molar refractivity (Wildman–Crippen MR) is 95.6 cm³/mol. The molecule has 0 aromatic heterocycles. The number of rotatable bonds is 3. The van der Waals surface area contributed by atoms with E-state index in [1.165, 1.54) is 11.1 Å². The van der Waals surface area contributed by atoms with Crippen LogP contribution in [0.25, 0.3) is 0 Å². The Hall–Kier alpha value is -1.84. The van der Waals surface area contributed by atoms with Gasteiger partial charge in [0.25, 0.3) is 0 Å². The van der Waals surface area contributed by atoms with E-state index in [1.807, 2.05) is 37.3 Å². The van der Waals surface area contributed by atoms with Crippen LogP contribution in [0.4, 0.5) is 0 Å². The predicted octanol–water partition coefficient (Wildman–Crippen LogP) is 3.61. The lowest BCUT2D eigenvalue weighted by molar-refractivity contribution is -0.123. The number of benzene rings is 2. The summed E-state index contributed by atoms with van der Waals surface area (Å²) < 4.78 is 0. The first-order chi connectivity index (χ1) is 10.6. The topological polar surface area (TPSA) is 55.1 Å². The van der Waals surface area contributed by atoms with E-state index in [2.05, 4.69) is 23.5 Å². The Balaban J connectivity index is 0.00000192. The molecule has 2 unspecified atom stereocenters. The fourth-order valence-corrected chi connectivity index (χ4v) is 3.09. The van der Waals surface area contributed by atoms with Gasteiger partial charge in [0.2, 0.25) is 5.91 Å². The molecular formula is C19H23ClN2O. The van der Waals surface area contributed by atoms with Crippen LogP contribution in [-0.2, 0) is 11.2 Å². The number of hydrogen-bond donors (Lipinski definition) is 2. The fourth-order valence-electron chi connectivity index (χ4n) is 3.09. The van der Waals surface area contributed by atoms with Crippen molar-refractivity contribution in [2.45, 2.75) is 38.3 Å². The highest BCUT2D eigenvalue weighted by atomic mass is 35.5. The van der Waals surface area contributed by atoms with Crippen LogP contribution < -0.4 is 11.1 Å². The lowest BCUT2D eigenvalue weighted by Crippen LogP contribution is -2.37. The standard InChI is InChI=1S/C19H22N2O.ClH/c1-13-9-11-15(12-10-13)18(20)19(22)21-17-8-4-6-14-5-2-3-7-16(14)17;/h2-3,5,7,9-12,17-18H,4,6,8,20H2,1H3,(H,21,22);1H. The number of fused-ring (bicyclic) bond motifs is 1. The van der Waals surface area contributed by atoms with E-state index in [1.54, 1.807) is 0 Å². The molecule has 3 nitrogen and oxygen atoms in total. The molecule has 0 fully saturated rings. The van der Waals surface area contributed by atoms with Crippen molar-refractivity contribution in [2.75, 3.05) is 0 Å². The molecule has 23 heavy (non-hydrogen) atoms. The molecule has 3 rings (SSSR count). The summed E-state index contributed by atoms with van der Waals surface area (Å²) in [6, 6.07) is 15.6. The maximum Gasteiger partial charge on any atom is 0.241 e. The molecule has 4 heteroatoms. The highest BCUT2D eigenvalue weighted by Crippen LogP contribution is 2.29.